The fraction of sp³-hybridized carbons (Fsp3) is 0.276. The third kappa shape index (κ3) is 6.65. The molecule has 1 aromatic heterocycles. The maximum atomic E-state index is 14.5. The maximum Gasteiger partial charge on any atom is 0.319 e. The monoisotopic (exact) mass is 598 g/mol. The lowest BCUT2D eigenvalue weighted by Crippen LogP contribution is -2.46. The number of anilines is 1. The zero-order valence-electron chi connectivity index (χ0n) is 22.8. The van der Waals surface area contributed by atoms with Crippen molar-refractivity contribution in [2.24, 2.45) is 0 Å². The van der Waals surface area contributed by atoms with E-state index in [4.69, 9.17) is 11.6 Å². The lowest BCUT2D eigenvalue weighted by molar-refractivity contribution is -0.139. The summed E-state index contributed by atoms with van der Waals surface area (Å²) in [6.45, 7) is 7.82. The van der Waals surface area contributed by atoms with Gasteiger partial charge in [0.1, 0.15) is 30.3 Å². The van der Waals surface area contributed by atoms with Crippen LogP contribution in [0.2, 0.25) is 5.02 Å². The number of benzene rings is 2. The summed E-state index contributed by atoms with van der Waals surface area (Å²) in [6.07, 6.45) is 1.34. The number of halogens is 3. The standard InChI is InChI=1S/C29H29ClF2N6O4/c1-4-8-33-29(42)35-20-6-7-23-21(12-20)27(16(3)39)36-38(23)15-25(40)37-14-19(31)11-24(37)28(41)34-13-18-9-17(5-2)10-22(30)26(18)32/h4-7,9-10,12,19,24H,1-2,8,11,13-15H2,3H3,(H,34,41)(H2,33,35,42)/t19-,24+/m1/s1. The van der Waals surface area contributed by atoms with Crippen molar-refractivity contribution < 1.29 is 28.0 Å². The van der Waals surface area contributed by atoms with Crippen molar-refractivity contribution >= 4 is 57.9 Å². The van der Waals surface area contributed by atoms with Gasteiger partial charge in [-0.1, -0.05) is 30.3 Å². The average Bonchev–Trinajstić information content (AvgIpc) is 3.52. The van der Waals surface area contributed by atoms with Crippen molar-refractivity contribution in [3.63, 3.8) is 0 Å². The van der Waals surface area contributed by atoms with Crippen LogP contribution in [0.1, 0.15) is 35.0 Å². The fourth-order valence-corrected chi connectivity index (χ4v) is 4.97. The van der Waals surface area contributed by atoms with Crippen LogP contribution in [0, 0.1) is 5.82 Å². The summed E-state index contributed by atoms with van der Waals surface area (Å²) in [5.41, 5.74) is 1.57. The third-order valence-corrected chi connectivity index (χ3v) is 7.00. The van der Waals surface area contributed by atoms with E-state index in [0.717, 1.165) is 4.90 Å². The highest BCUT2D eigenvalue weighted by Gasteiger charge is 2.40. The van der Waals surface area contributed by atoms with Crippen molar-refractivity contribution in [1.29, 1.82) is 0 Å². The first-order valence-corrected chi connectivity index (χ1v) is 13.4. The van der Waals surface area contributed by atoms with Gasteiger partial charge < -0.3 is 20.9 Å². The minimum absolute atomic E-state index is 0.0782. The van der Waals surface area contributed by atoms with Crippen LogP contribution in [0.3, 0.4) is 0 Å². The lowest BCUT2D eigenvalue weighted by Gasteiger charge is -2.24. The summed E-state index contributed by atoms with van der Waals surface area (Å²) in [5.74, 6) is -2.31. The number of amides is 4. The first-order valence-electron chi connectivity index (χ1n) is 13.0. The molecule has 42 heavy (non-hydrogen) atoms. The van der Waals surface area contributed by atoms with Crippen LogP contribution in [-0.2, 0) is 22.7 Å². The van der Waals surface area contributed by atoms with Crippen LogP contribution in [-0.4, -0.2) is 63.6 Å². The molecule has 3 aromatic rings. The first kappa shape index (κ1) is 30.4. The molecule has 0 unspecified atom stereocenters. The molecule has 0 radical (unpaired) electrons. The largest absolute Gasteiger partial charge is 0.350 e. The number of likely N-dealkylation sites (tertiary alicyclic amines) is 1. The molecule has 1 aliphatic rings. The van der Waals surface area contributed by atoms with Gasteiger partial charge in [0.15, 0.2) is 5.78 Å². The fourth-order valence-electron chi connectivity index (χ4n) is 4.72. The van der Waals surface area contributed by atoms with E-state index in [9.17, 15) is 28.0 Å². The SMILES string of the molecule is C=CCNC(=O)Nc1ccc2c(c1)c(C(C)=O)nn2CC(=O)N1C[C@H](F)C[C@H]1C(=O)NCc1cc(C=C)cc(Cl)c1F. The van der Waals surface area contributed by atoms with Crippen molar-refractivity contribution in [1.82, 2.24) is 25.3 Å². The Hall–Kier alpha value is -4.58. The molecule has 10 nitrogen and oxygen atoms in total. The Labute approximate surface area is 245 Å². The molecule has 1 saturated heterocycles. The molecule has 0 bridgehead atoms. The van der Waals surface area contributed by atoms with Crippen LogP contribution >= 0.6 is 11.6 Å². The highest BCUT2D eigenvalue weighted by atomic mass is 35.5. The molecule has 220 valence electrons. The molecule has 2 atom stereocenters. The van der Waals surface area contributed by atoms with Gasteiger partial charge in [0.05, 0.1) is 17.1 Å². The molecular weight excluding hydrogens is 570 g/mol. The Balaban J connectivity index is 1.51. The number of alkyl halides is 1. The van der Waals surface area contributed by atoms with Crippen LogP contribution in [0.15, 0.2) is 49.6 Å². The number of carbonyl (C=O) groups is 4. The predicted molar refractivity (Wildman–Crippen MR) is 155 cm³/mol. The van der Waals surface area contributed by atoms with Gasteiger partial charge in [-0.3, -0.25) is 19.1 Å². The molecule has 1 fully saturated rings. The van der Waals surface area contributed by atoms with E-state index >= 15 is 0 Å². The number of carbonyl (C=O) groups excluding carboxylic acids is 4. The van der Waals surface area contributed by atoms with Gasteiger partial charge in [-0.25, -0.2) is 13.6 Å². The highest BCUT2D eigenvalue weighted by Crippen LogP contribution is 2.26. The van der Waals surface area contributed by atoms with E-state index in [1.807, 2.05) is 0 Å². The number of hydrogen-bond donors (Lipinski definition) is 3. The van der Waals surface area contributed by atoms with Gasteiger partial charge in [0.25, 0.3) is 0 Å². The van der Waals surface area contributed by atoms with E-state index in [0.29, 0.717) is 22.2 Å². The molecule has 3 N–H and O–H groups in total. The second-order valence-corrected chi connectivity index (χ2v) is 10.1. The molecule has 0 saturated carbocycles. The van der Waals surface area contributed by atoms with Gasteiger partial charge in [-0.05, 0) is 35.9 Å². The van der Waals surface area contributed by atoms with E-state index < -0.39 is 35.9 Å². The van der Waals surface area contributed by atoms with E-state index in [2.05, 4.69) is 34.2 Å². The molecule has 4 rings (SSSR count). The summed E-state index contributed by atoms with van der Waals surface area (Å²) in [5, 5.41) is 12.4. The van der Waals surface area contributed by atoms with Gasteiger partial charge in [0, 0.05) is 43.1 Å². The van der Waals surface area contributed by atoms with Crippen LogP contribution in [0.5, 0.6) is 0 Å². The van der Waals surface area contributed by atoms with Crippen LogP contribution in [0.25, 0.3) is 17.0 Å². The minimum Gasteiger partial charge on any atom is -0.350 e. The highest BCUT2D eigenvalue weighted by molar-refractivity contribution is 6.31. The number of ketones is 1. The summed E-state index contributed by atoms with van der Waals surface area (Å²) < 4.78 is 30.3. The number of aromatic nitrogens is 2. The van der Waals surface area contributed by atoms with Crippen molar-refractivity contribution in [2.45, 2.75) is 38.6 Å². The zero-order valence-corrected chi connectivity index (χ0v) is 23.5. The van der Waals surface area contributed by atoms with Crippen molar-refractivity contribution in [2.75, 3.05) is 18.4 Å². The first-order chi connectivity index (χ1) is 20.0. The topological polar surface area (TPSA) is 125 Å². The van der Waals surface area contributed by atoms with E-state index in [-0.39, 0.29) is 54.7 Å². The Morgan fingerprint density at radius 2 is 1.93 bits per heavy atom. The third-order valence-electron chi connectivity index (χ3n) is 6.72. The Kier molecular flexibility index (Phi) is 9.36. The van der Waals surface area contributed by atoms with Crippen LogP contribution < -0.4 is 16.0 Å². The van der Waals surface area contributed by atoms with E-state index in [1.54, 1.807) is 18.2 Å². The number of fused-ring (bicyclic) bond motifs is 1. The van der Waals surface area contributed by atoms with Gasteiger partial charge >= 0.3 is 6.03 Å². The molecule has 13 heteroatoms. The normalized spacial score (nSPS) is 16.2. The Morgan fingerprint density at radius 1 is 1.17 bits per heavy atom. The predicted octanol–water partition coefficient (Wildman–Crippen LogP) is 4.24. The number of rotatable bonds is 10. The minimum atomic E-state index is -1.44. The number of nitrogens with zero attached hydrogens (tertiary/aromatic N) is 3. The molecule has 0 aliphatic carbocycles. The second-order valence-electron chi connectivity index (χ2n) is 9.71. The van der Waals surface area contributed by atoms with Gasteiger partial charge in [0.2, 0.25) is 11.8 Å². The molecule has 1 aliphatic heterocycles. The van der Waals surface area contributed by atoms with Crippen molar-refractivity contribution in [3.8, 4) is 0 Å². The van der Waals surface area contributed by atoms with Crippen LogP contribution in [0.4, 0.5) is 19.3 Å². The number of Topliss-reactive ketones (excluding diaryl/α,β-unsaturated/α-hetero) is 1. The summed E-state index contributed by atoms with van der Waals surface area (Å²) >= 11 is 5.92. The van der Waals surface area contributed by atoms with Gasteiger partial charge in [-0.2, -0.15) is 5.10 Å². The molecule has 2 aromatic carbocycles. The Bertz CT molecular complexity index is 1590. The zero-order chi connectivity index (χ0) is 30.6. The van der Waals surface area contributed by atoms with Gasteiger partial charge in [-0.15, -0.1) is 6.58 Å². The summed E-state index contributed by atoms with van der Waals surface area (Å²) in [4.78, 5) is 51.8. The maximum absolute atomic E-state index is 14.5. The van der Waals surface area contributed by atoms with Crippen molar-refractivity contribution in [3.05, 3.63) is 77.2 Å². The second kappa shape index (κ2) is 12.9. The molecule has 4 amide bonds. The summed E-state index contributed by atoms with van der Waals surface area (Å²) in [6, 6.07) is 6.01. The lowest BCUT2D eigenvalue weighted by atomic mass is 10.1. The molecule has 0 spiro atoms. The molecule has 2 heterocycles. The smallest absolute Gasteiger partial charge is 0.319 e. The molecular formula is C29H29ClF2N6O4. The number of hydrogen-bond acceptors (Lipinski definition) is 5. The number of urea groups is 1. The average molecular weight is 599 g/mol. The Morgan fingerprint density at radius 3 is 2.62 bits per heavy atom. The quantitative estimate of drug-likeness (QED) is 0.238. The number of nitrogens with one attached hydrogen (secondary N) is 3. The summed E-state index contributed by atoms with van der Waals surface area (Å²) in [7, 11) is 0. The van der Waals surface area contributed by atoms with E-state index in [1.165, 1.54) is 35.9 Å².